The maximum atomic E-state index is 11.2. The third-order valence-corrected chi connectivity index (χ3v) is 12.5. The second-order valence-corrected chi connectivity index (χ2v) is 13.9. The highest BCUT2D eigenvalue weighted by molar-refractivity contribution is 5.85. The Morgan fingerprint density at radius 3 is 2.39 bits per heavy atom. The highest BCUT2D eigenvalue weighted by Crippen LogP contribution is 2.72. The number of carbonyl (C=O) groups is 1. The fraction of sp³-hybridized carbons (Fsp3) is 0.839. The van der Waals surface area contributed by atoms with Crippen LogP contribution in [0.2, 0.25) is 0 Å². The molecule has 0 saturated heterocycles. The summed E-state index contributed by atoms with van der Waals surface area (Å²) in [5, 5.41) is 9.17. The summed E-state index contributed by atoms with van der Waals surface area (Å²) in [5.41, 5.74) is 5.87. The zero-order chi connectivity index (χ0) is 24.4. The molecule has 4 rings (SSSR count). The normalized spacial score (nSPS) is 43.5. The van der Waals surface area contributed by atoms with Crippen LogP contribution in [-0.4, -0.2) is 11.1 Å². The van der Waals surface area contributed by atoms with Gasteiger partial charge in [-0.1, -0.05) is 65.7 Å². The first-order valence-electron chi connectivity index (χ1n) is 13.9. The monoisotopic (exact) mass is 454 g/mol. The number of allylic oxidation sites excluding steroid dienone is 3. The molecule has 0 aliphatic heterocycles. The fourth-order valence-corrected chi connectivity index (χ4v) is 9.67. The van der Waals surface area contributed by atoms with Crippen LogP contribution >= 0.6 is 0 Å². The minimum absolute atomic E-state index is 0.355. The Morgan fingerprint density at radius 2 is 1.73 bits per heavy atom. The van der Waals surface area contributed by atoms with Crippen LogP contribution in [0.3, 0.4) is 0 Å². The third kappa shape index (κ3) is 3.59. The molecule has 2 fully saturated rings. The summed E-state index contributed by atoms with van der Waals surface area (Å²) >= 11 is 0. The van der Waals surface area contributed by atoms with E-state index in [2.05, 4.69) is 48.5 Å². The molecule has 0 radical (unpaired) electrons. The van der Waals surface area contributed by atoms with Crippen molar-refractivity contribution in [1.82, 2.24) is 0 Å². The summed E-state index contributed by atoms with van der Waals surface area (Å²) in [7, 11) is 0. The van der Waals surface area contributed by atoms with E-state index in [1.165, 1.54) is 51.4 Å². The van der Waals surface area contributed by atoms with Crippen molar-refractivity contribution in [1.29, 1.82) is 0 Å². The van der Waals surface area contributed by atoms with Crippen molar-refractivity contribution < 1.29 is 9.90 Å². The van der Waals surface area contributed by atoms with Gasteiger partial charge in [0.25, 0.3) is 0 Å². The lowest BCUT2D eigenvalue weighted by Crippen LogP contribution is -2.53. The van der Waals surface area contributed by atoms with Crippen LogP contribution in [0.25, 0.3) is 0 Å². The van der Waals surface area contributed by atoms with Crippen LogP contribution in [0, 0.1) is 45.3 Å². The largest absolute Gasteiger partial charge is 0.478 e. The van der Waals surface area contributed by atoms with Crippen molar-refractivity contribution in [3.8, 4) is 0 Å². The van der Waals surface area contributed by atoms with Crippen LogP contribution in [0.1, 0.15) is 120 Å². The van der Waals surface area contributed by atoms with Crippen molar-refractivity contribution in [3.05, 3.63) is 22.8 Å². The molecule has 0 aromatic heterocycles. The van der Waals surface area contributed by atoms with E-state index in [1.54, 1.807) is 6.92 Å². The van der Waals surface area contributed by atoms with Crippen molar-refractivity contribution in [2.24, 2.45) is 45.3 Å². The Labute approximate surface area is 203 Å². The highest BCUT2D eigenvalue weighted by Gasteiger charge is 2.62. The molecular weight excluding hydrogens is 404 g/mol. The van der Waals surface area contributed by atoms with Gasteiger partial charge in [0.2, 0.25) is 0 Å². The first kappa shape index (κ1) is 25.1. The molecule has 0 aromatic rings. The standard InChI is InChI=1S/C31H50O2/c1-20(10-9-11-21(2)27(32)33)23-15-18-31(8)25-12-13-26-28(4,5)22(3)14-17-29(26,6)24(25)16-19-30(23,31)7/h11,20,22-23,26H,9-10,12-19H2,1-8H3,(H,32,33)/b21-11-/t20?,22-,23+,26?,29-,30+,31-/m1/s1. The number of carboxylic acids is 1. The smallest absolute Gasteiger partial charge is 0.330 e. The lowest BCUT2D eigenvalue weighted by Gasteiger charge is -2.62. The van der Waals surface area contributed by atoms with E-state index in [1.807, 2.05) is 17.2 Å². The van der Waals surface area contributed by atoms with Gasteiger partial charge in [0, 0.05) is 5.57 Å². The van der Waals surface area contributed by atoms with Gasteiger partial charge in [0.05, 0.1) is 0 Å². The average Bonchev–Trinajstić information content (AvgIpc) is 3.02. The highest BCUT2D eigenvalue weighted by atomic mass is 16.4. The number of hydrogen-bond acceptors (Lipinski definition) is 1. The van der Waals surface area contributed by atoms with E-state index < -0.39 is 5.97 Å². The van der Waals surface area contributed by atoms with Crippen molar-refractivity contribution in [3.63, 3.8) is 0 Å². The Morgan fingerprint density at radius 1 is 1.03 bits per heavy atom. The molecule has 0 bridgehead atoms. The van der Waals surface area contributed by atoms with Crippen LogP contribution < -0.4 is 0 Å². The van der Waals surface area contributed by atoms with Gasteiger partial charge in [-0.2, -0.15) is 0 Å². The zero-order valence-corrected chi connectivity index (χ0v) is 22.8. The number of hydrogen-bond donors (Lipinski definition) is 1. The molecule has 0 spiro atoms. The summed E-state index contributed by atoms with van der Waals surface area (Å²) in [5.74, 6) is 2.29. The van der Waals surface area contributed by atoms with Gasteiger partial charge < -0.3 is 5.11 Å². The van der Waals surface area contributed by atoms with Crippen LogP contribution in [0.5, 0.6) is 0 Å². The van der Waals surface area contributed by atoms with Gasteiger partial charge >= 0.3 is 5.97 Å². The maximum absolute atomic E-state index is 11.2. The predicted molar refractivity (Wildman–Crippen MR) is 138 cm³/mol. The van der Waals surface area contributed by atoms with Crippen LogP contribution in [-0.2, 0) is 4.79 Å². The molecule has 1 N–H and O–H groups in total. The number of fused-ring (bicyclic) bond motifs is 4. The lowest BCUT2D eigenvalue weighted by molar-refractivity contribution is -0.132. The molecule has 4 aliphatic rings. The number of aliphatic carboxylic acids is 1. The first-order valence-corrected chi connectivity index (χ1v) is 13.9. The third-order valence-electron chi connectivity index (χ3n) is 12.5. The quantitative estimate of drug-likeness (QED) is 0.333. The Bertz CT molecular complexity index is 862. The summed E-state index contributed by atoms with van der Waals surface area (Å²) in [6.07, 6.45) is 14.8. The summed E-state index contributed by atoms with van der Waals surface area (Å²) in [4.78, 5) is 11.2. The van der Waals surface area contributed by atoms with Gasteiger partial charge in [-0.15, -0.1) is 0 Å². The molecule has 2 nitrogen and oxygen atoms in total. The molecule has 2 unspecified atom stereocenters. The SMILES string of the molecule is C/C(=C/CCC(C)[C@@H]1CC[C@]2(C)C3=C(CC[C@@]12C)[C@@]1(C)CC[C@@H](C)C(C)(C)C1CC3)C(=O)O. The Kier molecular flexibility index (Phi) is 6.28. The predicted octanol–water partition coefficient (Wildman–Crippen LogP) is 8.82. The Balaban J connectivity index is 1.60. The topological polar surface area (TPSA) is 37.3 Å². The van der Waals surface area contributed by atoms with Gasteiger partial charge in [-0.05, 0) is 116 Å². The minimum atomic E-state index is -0.779. The summed E-state index contributed by atoms with van der Waals surface area (Å²) in [6.45, 7) is 19.7. The van der Waals surface area contributed by atoms with Gasteiger partial charge in [0.1, 0.15) is 0 Å². The van der Waals surface area contributed by atoms with E-state index in [9.17, 15) is 9.90 Å². The Hall–Kier alpha value is -1.05. The summed E-state index contributed by atoms with van der Waals surface area (Å²) in [6, 6.07) is 0. The van der Waals surface area contributed by atoms with E-state index in [0.717, 1.165) is 30.6 Å². The summed E-state index contributed by atoms with van der Waals surface area (Å²) < 4.78 is 0. The molecule has 33 heavy (non-hydrogen) atoms. The second kappa shape index (κ2) is 8.27. The molecular formula is C31H50O2. The van der Waals surface area contributed by atoms with E-state index >= 15 is 0 Å². The minimum Gasteiger partial charge on any atom is -0.478 e. The lowest BCUT2D eigenvalue weighted by atomic mass is 9.42. The van der Waals surface area contributed by atoms with Gasteiger partial charge in [-0.25, -0.2) is 4.79 Å². The molecule has 2 heteroatoms. The fourth-order valence-electron chi connectivity index (χ4n) is 9.67. The van der Waals surface area contributed by atoms with E-state index in [-0.39, 0.29) is 0 Å². The zero-order valence-electron chi connectivity index (χ0n) is 22.8. The van der Waals surface area contributed by atoms with Crippen LogP contribution in [0.15, 0.2) is 22.8 Å². The molecule has 7 atom stereocenters. The second-order valence-electron chi connectivity index (χ2n) is 13.9. The molecule has 186 valence electrons. The van der Waals surface area contributed by atoms with Crippen molar-refractivity contribution >= 4 is 5.97 Å². The van der Waals surface area contributed by atoms with Gasteiger partial charge in [-0.3, -0.25) is 0 Å². The number of rotatable bonds is 5. The average molecular weight is 455 g/mol. The van der Waals surface area contributed by atoms with Crippen molar-refractivity contribution in [2.45, 2.75) is 120 Å². The molecule has 0 heterocycles. The van der Waals surface area contributed by atoms with E-state index in [0.29, 0.717) is 33.2 Å². The maximum Gasteiger partial charge on any atom is 0.330 e. The molecule has 4 aliphatic carbocycles. The van der Waals surface area contributed by atoms with Crippen LogP contribution in [0.4, 0.5) is 0 Å². The number of carboxylic acid groups (broad SMARTS) is 1. The van der Waals surface area contributed by atoms with Crippen molar-refractivity contribution in [2.75, 3.05) is 0 Å². The molecule has 2 saturated carbocycles. The first-order chi connectivity index (χ1) is 15.3. The molecule has 0 aromatic carbocycles. The van der Waals surface area contributed by atoms with E-state index in [4.69, 9.17) is 0 Å². The molecule has 0 amide bonds. The van der Waals surface area contributed by atoms with Gasteiger partial charge in [0.15, 0.2) is 0 Å².